The van der Waals surface area contributed by atoms with Crippen LogP contribution in [0.4, 0.5) is 0 Å². The van der Waals surface area contributed by atoms with Crippen molar-refractivity contribution >= 4 is 29.3 Å². The molecular formula is C11H13NO3S. The number of esters is 1. The van der Waals surface area contributed by atoms with Crippen LogP contribution in [0.1, 0.15) is 22.2 Å². The van der Waals surface area contributed by atoms with Crippen molar-refractivity contribution in [2.75, 3.05) is 13.7 Å². The minimum absolute atomic E-state index is 0.0804. The Bertz CT molecular complexity index is 409. The third-order valence-electron chi connectivity index (χ3n) is 1.83. The van der Waals surface area contributed by atoms with E-state index in [0.29, 0.717) is 11.4 Å². The molecule has 86 valence electrons. The van der Waals surface area contributed by atoms with E-state index in [4.69, 9.17) is 0 Å². The second kappa shape index (κ2) is 6.07. The van der Waals surface area contributed by atoms with Gasteiger partial charge in [0.25, 0.3) is 0 Å². The van der Waals surface area contributed by atoms with Crippen LogP contribution in [0.5, 0.6) is 0 Å². The van der Waals surface area contributed by atoms with Crippen molar-refractivity contribution in [2.24, 2.45) is 0 Å². The van der Waals surface area contributed by atoms with Crippen molar-refractivity contribution in [1.29, 1.82) is 0 Å². The third-order valence-corrected chi connectivity index (χ3v) is 2.74. The molecule has 0 spiro atoms. The highest BCUT2D eigenvalue weighted by Crippen LogP contribution is 2.18. The first-order chi connectivity index (χ1) is 7.65. The summed E-state index contributed by atoms with van der Waals surface area (Å²) in [6.45, 7) is 1.91. The lowest BCUT2D eigenvalue weighted by Crippen LogP contribution is -2.19. The molecule has 0 bridgehead atoms. The van der Waals surface area contributed by atoms with E-state index in [9.17, 15) is 9.59 Å². The Morgan fingerprint density at radius 3 is 2.94 bits per heavy atom. The van der Waals surface area contributed by atoms with Crippen LogP contribution in [0.25, 0.3) is 6.08 Å². The van der Waals surface area contributed by atoms with Crippen molar-refractivity contribution in [3.63, 3.8) is 0 Å². The SMILES string of the molecule is COC(=O)c1sccc1C=CCNC(C)=O. The van der Waals surface area contributed by atoms with Crippen molar-refractivity contribution < 1.29 is 14.3 Å². The van der Waals surface area contributed by atoms with Crippen molar-refractivity contribution in [1.82, 2.24) is 5.32 Å². The van der Waals surface area contributed by atoms with E-state index in [2.05, 4.69) is 10.1 Å². The summed E-state index contributed by atoms with van der Waals surface area (Å²) in [5.41, 5.74) is 0.808. The van der Waals surface area contributed by atoms with E-state index < -0.39 is 0 Å². The lowest BCUT2D eigenvalue weighted by molar-refractivity contribution is -0.118. The Labute approximate surface area is 97.9 Å². The number of hydrogen-bond acceptors (Lipinski definition) is 4. The molecule has 0 radical (unpaired) electrons. The molecule has 16 heavy (non-hydrogen) atoms. The van der Waals surface area contributed by atoms with Gasteiger partial charge in [0.1, 0.15) is 4.88 Å². The molecule has 1 heterocycles. The summed E-state index contributed by atoms with van der Waals surface area (Å²) in [4.78, 5) is 22.5. The van der Waals surface area contributed by atoms with Gasteiger partial charge in [-0.3, -0.25) is 4.79 Å². The zero-order chi connectivity index (χ0) is 12.0. The Morgan fingerprint density at radius 2 is 2.31 bits per heavy atom. The maximum atomic E-state index is 11.3. The molecule has 0 aliphatic heterocycles. The van der Waals surface area contributed by atoms with Gasteiger partial charge in [-0.05, 0) is 17.0 Å². The van der Waals surface area contributed by atoms with E-state index in [1.165, 1.54) is 25.4 Å². The lowest BCUT2D eigenvalue weighted by atomic mass is 10.2. The molecule has 0 fully saturated rings. The Morgan fingerprint density at radius 1 is 1.56 bits per heavy atom. The van der Waals surface area contributed by atoms with Gasteiger partial charge in [0.15, 0.2) is 0 Å². The molecule has 1 rings (SSSR count). The monoisotopic (exact) mass is 239 g/mol. The quantitative estimate of drug-likeness (QED) is 0.813. The van der Waals surface area contributed by atoms with Gasteiger partial charge in [-0.25, -0.2) is 4.79 Å². The maximum Gasteiger partial charge on any atom is 0.348 e. The predicted molar refractivity (Wildman–Crippen MR) is 63.4 cm³/mol. The fourth-order valence-electron chi connectivity index (χ4n) is 1.10. The summed E-state index contributed by atoms with van der Waals surface area (Å²) in [7, 11) is 1.35. The molecule has 0 atom stereocenters. The molecule has 0 aliphatic rings. The Hall–Kier alpha value is -1.62. The summed E-state index contributed by atoms with van der Waals surface area (Å²) < 4.78 is 4.65. The van der Waals surface area contributed by atoms with E-state index >= 15 is 0 Å². The van der Waals surface area contributed by atoms with Crippen LogP contribution in [0, 0.1) is 0 Å². The van der Waals surface area contributed by atoms with Crippen LogP contribution in [-0.4, -0.2) is 25.5 Å². The molecule has 0 saturated carbocycles. The molecule has 0 aliphatic carbocycles. The smallest absolute Gasteiger partial charge is 0.348 e. The summed E-state index contributed by atoms with van der Waals surface area (Å²) in [6.07, 6.45) is 3.58. The number of carbonyl (C=O) groups is 2. The number of nitrogens with one attached hydrogen (secondary N) is 1. The van der Waals surface area contributed by atoms with Gasteiger partial charge in [0.2, 0.25) is 5.91 Å². The van der Waals surface area contributed by atoms with Gasteiger partial charge in [-0.2, -0.15) is 0 Å². The van der Waals surface area contributed by atoms with Crippen molar-refractivity contribution in [3.8, 4) is 0 Å². The second-order valence-corrected chi connectivity index (χ2v) is 3.95. The highest BCUT2D eigenvalue weighted by atomic mass is 32.1. The summed E-state index contributed by atoms with van der Waals surface area (Å²) in [6, 6.07) is 1.83. The molecule has 1 aromatic rings. The number of rotatable bonds is 4. The lowest BCUT2D eigenvalue weighted by Gasteiger charge is -1.97. The second-order valence-electron chi connectivity index (χ2n) is 3.04. The summed E-state index contributed by atoms with van der Waals surface area (Å²) in [5, 5.41) is 4.46. The van der Waals surface area contributed by atoms with Crippen LogP contribution >= 0.6 is 11.3 Å². The molecule has 1 aromatic heterocycles. The largest absolute Gasteiger partial charge is 0.465 e. The Kier molecular flexibility index (Phi) is 4.72. The zero-order valence-corrected chi connectivity index (χ0v) is 9.97. The number of carbonyl (C=O) groups excluding carboxylic acids is 2. The summed E-state index contributed by atoms with van der Waals surface area (Å²) >= 11 is 1.33. The van der Waals surface area contributed by atoms with Crippen LogP contribution in [-0.2, 0) is 9.53 Å². The van der Waals surface area contributed by atoms with Gasteiger partial charge < -0.3 is 10.1 Å². The van der Waals surface area contributed by atoms with Crippen LogP contribution in [0.15, 0.2) is 17.5 Å². The highest BCUT2D eigenvalue weighted by Gasteiger charge is 2.10. The molecular weight excluding hydrogens is 226 g/mol. The van der Waals surface area contributed by atoms with E-state index in [-0.39, 0.29) is 11.9 Å². The molecule has 4 nitrogen and oxygen atoms in total. The molecule has 5 heteroatoms. The van der Waals surface area contributed by atoms with Gasteiger partial charge >= 0.3 is 5.97 Å². The van der Waals surface area contributed by atoms with Crippen LogP contribution < -0.4 is 5.32 Å². The summed E-state index contributed by atoms with van der Waals surface area (Å²) in [5.74, 6) is -0.419. The standard InChI is InChI=1S/C11H13NO3S/c1-8(13)12-6-3-4-9-5-7-16-10(9)11(14)15-2/h3-5,7H,6H2,1-2H3,(H,12,13). The number of thiophene rings is 1. The zero-order valence-electron chi connectivity index (χ0n) is 9.15. The van der Waals surface area contributed by atoms with E-state index in [0.717, 1.165) is 5.56 Å². The van der Waals surface area contributed by atoms with Gasteiger partial charge in [-0.1, -0.05) is 12.2 Å². The van der Waals surface area contributed by atoms with Crippen molar-refractivity contribution in [2.45, 2.75) is 6.92 Å². The van der Waals surface area contributed by atoms with Crippen LogP contribution in [0.3, 0.4) is 0 Å². The van der Waals surface area contributed by atoms with Gasteiger partial charge in [0, 0.05) is 13.5 Å². The first-order valence-corrected chi connectivity index (χ1v) is 5.60. The number of amides is 1. The first-order valence-electron chi connectivity index (χ1n) is 4.72. The first kappa shape index (κ1) is 12.4. The molecule has 0 saturated heterocycles. The van der Waals surface area contributed by atoms with Crippen LogP contribution in [0.2, 0.25) is 0 Å². The third kappa shape index (κ3) is 3.51. The highest BCUT2D eigenvalue weighted by molar-refractivity contribution is 7.12. The Balaban J connectivity index is 2.63. The normalized spacial score (nSPS) is 10.4. The van der Waals surface area contributed by atoms with E-state index in [1.54, 1.807) is 12.2 Å². The van der Waals surface area contributed by atoms with Crippen molar-refractivity contribution in [3.05, 3.63) is 28.0 Å². The molecule has 1 N–H and O–H groups in total. The number of hydrogen-bond donors (Lipinski definition) is 1. The van der Waals surface area contributed by atoms with Gasteiger partial charge in [-0.15, -0.1) is 11.3 Å². The minimum Gasteiger partial charge on any atom is -0.465 e. The average molecular weight is 239 g/mol. The molecule has 1 amide bonds. The maximum absolute atomic E-state index is 11.3. The fourth-order valence-corrected chi connectivity index (χ4v) is 1.90. The topological polar surface area (TPSA) is 55.4 Å². The average Bonchev–Trinajstić information content (AvgIpc) is 2.71. The minimum atomic E-state index is -0.339. The number of methoxy groups -OCH3 is 1. The molecule has 0 aromatic carbocycles. The predicted octanol–water partition coefficient (Wildman–Crippen LogP) is 1.68. The van der Waals surface area contributed by atoms with Gasteiger partial charge in [0.05, 0.1) is 7.11 Å². The molecule has 0 unspecified atom stereocenters. The van der Waals surface area contributed by atoms with E-state index in [1.807, 2.05) is 11.4 Å². The fraction of sp³-hybridized carbons (Fsp3) is 0.273. The number of ether oxygens (including phenoxy) is 1.